The molecule has 2 aromatic carbocycles. The minimum Gasteiger partial charge on any atom is -0.302 e. The maximum absolute atomic E-state index is 14.7. The van der Waals surface area contributed by atoms with Gasteiger partial charge >= 0.3 is 7.60 Å². The Labute approximate surface area is 149 Å². The van der Waals surface area contributed by atoms with Crippen molar-refractivity contribution < 1.29 is 31.2 Å². The molecule has 8 heteroatoms. The van der Waals surface area contributed by atoms with Crippen molar-refractivity contribution in [3.05, 3.63) is 53.6 Å². The second-order valence-corrected chi connectivity index (χ2v) is 8.02. The summed E-state index contributed by atoms with van der Waals surface area (Å²) in [6.07, 6.45) is -1.53. The summed E-state index contributed by atoms with van der Waals surface area (Å²) in [4.78, 5) is 0. The van der Waals surface area contributed by atoms with E-state index in [2.05, 4.69) is 0 Å². The van der Waals surface area contributed by atoms with Crippen LogP contribution in [0.5, 0.6) is 0 Å². The molecular weight excluding hydrogens is 371 g/mol. The van der Waals surface area contributed by atoms with E-state index in [4.69, 9.17) is 9.05 Å². The van der Waals surface area contributed by atoms with E-state index < -0.39 is 53.9 Å². The predicted octanol–water partition coefficient (Wildman–Crippen LogP) is 5.58. The zero-order chi connectivity index (χ0) is 19.6. The maximum atomic E-state index is 14.7. The van der Waals surface area contributed by atoms with Crippen molar-refractivity contribution in [2.24, 2.45) is 0 Å². The Balaban J connectivity index is 2.76. The van der Waals surface area contributed by atoms with Gasteiger partial charge in [-0.1, -0.05) is 30.3 Å². The predicted molar refractivity (Wildman–Crippen MR) is 91.4 cm³/mol. The van der Waals surface area contributed by atoms with Crippen LogP contribution >= 0.6 is 7.60 Å². The fraction of sp³-hybridized carbons (Fsp3) is 0.333. The topological polar surface area (TPSA) is 35.5 Å². The molecule has 0 aromatic heterocycles. The number of halogens is 4. The zero-order valence-corrected chi connectivity index (χ0v) is 15.6. The summed E-state index contributed by atoms with van der Waals surface area (Å²) in [5.74, 6) is -6.92. The van der Waals surface area contributed by atoms with Crippen LogP contribution in [0.1, 0.15) is 27.7 Å². The average Bonchev–Trinajstić information content (AvgIpc) is 2.52. The molecule has 0 unspecified atom stereocenters. The van der Waals surface area contributed by atoms with Crippen molar-refractivity contribution in [1.82, 2.24) is 0 Å². The van der Waals surface area contributed by atoms with Crippen LogP contribution in [0.15, 0.2) is 30.3 Å². The van der Waals surface area contributed by atoms with E-state index in [-0.39, 0.29) is 5.56 Å². The third kappa shape index (κ3) is 4.00. The molecule has 0 saturated heterocycles. The average molecular weight is 390 g/mol. The largest absolute Gasteiger partial charge is 0.368 e. The highest BCUT2D eigenvalue weighted by Gasteiger charge is 2.41. The minimum atomic E-state index is -4.65. The molecule has 0 aliphatic heterocycles. The standard InChI is InChI=1S/C18H19F4O3P/c1-10(2)24-26(23,25-11(3)4)18-16(21)14(19)13(15(20)17(18)22)12-8-6-5-7-9-12/h5-11H,1-4H3. The molecule has 0 N–H and O–H groups in total. The minimum absolute atomic E-state index is 0.0590. The molecule has 0 heterocycles. The van der Waals surface area contributed by atoms with Gasteiger partial charge in [0.1, 0.15) is 5.30 Å². The van der Waals surface area contributed by atoms with Gasteiger partial charge in [0.15, 0.2) is 23.3 Å². The Kier molecular flexibility index (Phi) is 6.27. The zero-order valence-electron chi connectivity index (χ0n) is 14.7. The normalized spacial score (nSPS) is 12.2. The summed E-state index contributed by atoms with van der Waals surface area (Å²) in [7, 11) is -4.65. The molecule has 0 radical (unpaired) electrons. The van der Waals surface area contributed by atoms with E-state index in [1.54, 1.807) is 6.07 Å². The van der Waals surface area contributed by atoms with Gasteiger partial charge in [0, 0.05) is 0 Å². The van der Waals surface area contributed by atoms with Gasteiger partial charge < -0.3 is 9.05 Å². The lowest BCUT2D eigenvalue weighted by Gasteiger charge is -2.24. The maximum Gasteiger partial charge on any atom is 0.368 e. The van der Waals surface area contributed by atoms with Crippen LogP contribution in [0.3, 0.4) is 0 Å². The Morgan fingerprint density at radius 3 is 1.58 bits per heavy atom. The van der Waals surface area contributed by atoms with Crippen LogP contribution in [-0.4, -0.2) is 12.2 Å². The number of hydrogen-bond acceptors (Lipinski definition) is 3. The van der Waals surface area contributed by atoms with Crippen molar-refractivity contribution in [3.8, 4) is 11.1 Å². The highest BCUT2D eigenvalue weighted by molar-refractivity contribution is 7.62. The number of hydrogen-bond donors (Lipinski definition) is 0. The number of rotatable bonds is 6. The lowest BCUT2D eigenvalue weighted by atomic mass is 10.0. The van der Waals surface area contributed by atoms with Crippen LogP contribution in [0, 0.1) is 23.3 Å². The van der Waals surface area contributed by atoms with E-state index >= 15 is 0 Å². The highest BCUT2D eigenvalue weighted by atomic mass is 31.2. The Morgan fingerprint density at radius 1 is 0.769 bits per heavy atom. The third-order valence-corrected chi connectivity index (χ3v) is 5.61. The van der Waals surface area contributed by atoms with Crippen molar-refractivity contribution in [2.45, 2.75) is 39.9 Å². The summed E-state index contributed by atoms with van der Waals surface area (Å²) in [5.41, 5.74) is -0.943. The van der Waals surface area contributed by atoms with Crippen LogP contribution in [0.4, 0.5) is 17.6 Å². The second-order valence-electron chi connectivity index (χ2n) is 6.15. The van der Waals surface area contributed by atoms with Gasteiger partial charge in [0.2, 0.25) is 0 Å². The Bertz CT molecular complexity index is 795. The first-order valence-electron chi connectivity index (χ1n) is 7.97. The van der Waals surface area contributed by atoms with Gasteiger partial charge in [-0.3, -0.25) is 4.57 Å². The fourth-order valence-electron chi connectivity index (χ4n) is 2.40. The van der Waals surface area contributed by atoms with Gasteiger partial charge in [-0.05, 0) is 33.3 Å². The van der Waals surface area contributed by atoms with E-state index in [0.29, 0.717) is 0 Å². The molecule has 0 saturated carbocycles. The SMILES string of the molecule is CC(C)OP(=O)(OC(C)C)c1c(F)c(F)c(-c2ccccc2)c(F)c1F. The monoisotopic (exact) mass is 390 g/mol. The first-order chi connectivity index (χ1) is 12.1. The fourth-order valence-corrected chi connectivity index (χ4v) is 4.45. The molecule has 0 atom stereocenters. The first-order valence-corrected chi connectivity index (χ1v) is 9.51. The summed E-state index contributed by atoms with van der Waals surface area (Å²) in [5, 5.41) is -1.37. The molecule has 2 rings (SSSR count). The van der Waals surface area contributed by atoms with E-state index in [9.17, 15) is 22.1 Å². The lowest BCUT2D eigenvalue weighted by Crippen LogP contribution is -2.25. The molecule has 0 fully saturated rings. The second kappa shape index (κ2) is 7.91. The molecule has 0 aliphatic rings. The third-order valence-electron chi connectivity index (χ3n) is 3.28. The first kappa shape index (κ1) is 20.6. The van der Waals surface area contributed by atoms with Gasteiger partial charge in [0.05, 0.1) is 17.8 Å². The summed E-state index contributed by atoms with van der Waals surface area (Å²) >= 11 is 0. The van der Waals surface area contributed by atoms with Crippen molar-refractivity contribution in [3.63, 3.8) is 0 Å². The molecule has 0 aliphatic carbocycles. The quantitative estimate of drug-likeness (QED) is 0.367. The van der Waals surface area contributed by atoms with Crippen LogP contribution in [0.25, 0.3) is 11.1 Å². The van der Waals surface area contributed by atoms with Crippen molar-refractivity contribution in [1.29, 1.82) is 0 Å². The molecule has 3 nitrogen and oxygen atoms in total. The molecule has 0 spiro atoms. The van der Waals surface area contributed by atoms with Gasteiger partial charge in [0.25, 0.3) is 0 Å². The van der Waals surface area contributed by atoms with E-state index in [1.807, 2.05) is 0 Å². The molecular formula is C18H19F4O3P. The van der Waals surface area contributed by atoms with Crippen molar-refractivity contribution >= 4 is 12.9 Å². The Morgan fingerprint density at radius 2 is 1.19 bits per heavy atom. The summed E-state index contributed by atoms with van der Waals surface area (Å²) in [6.45, 7) is 5.82. The molecule has 142 valence electrons. The van der Waals surface area contributed by atoms with E-state index in [0.717, 1.165) is 0 Å². The van der Waals surface area contributed by atoms with Gasteiger partial charge in [-0.25, -0.2) is 17.6 Å². The Hall–Kier alpha value is -1.69. The van der Waals surface area contributed by atoms with Crippen LogP contribution < -0.4 is 5.30 Å². The molecule has 0 amide bonds. The smallest absolute Gasteiger partial charge is 0.302 e. The molecule has 26 heavy (non-hydrogen) atoms. The highest BCUT2D eigenvalue weighted by Crippen LogP contribution is 2.51. The van der Waals surface area contributed by atoms with Crippen LogP contribution in [-0.2, 0) is 13.6 Å². The van der Waals surface area contributed by atoms with Crippen LogP contribution in [0.2, 0.25) is 0 Å². The van der Waals surface area contributed by atoms with E-state index in [1.165, 1.54) is 52.0 Å². The lowest BCUT2D eigenvalue weighted by molar-refractivity contribution is 0.149. The van der Waals surface area contributed by atoms with Gasteiger partial charge in [-0.15, -0.1) is 0 Å². The van der Waals surface area contributed by atoms with Crippen molar-refractivity contribution in [2.75, 3.05) is 0 Å². The molecule has 2 aromatic rings. The number of benzene rings is 2. The molecule has 0 bridgehead atoms. The summed E-state index contributed by atoms with van der Waals surface area (Å²) < 4.78 is 81.6. The summed E-state index contributed by atoms with van der Waals surface area (Å²) in [6, 6.07) is 7.12. The van der Waals surface area contributed by atoms with Gasteiger partial charge in [-0.2, -0.15) is 0 Å².